The average molecular weight is 791 g/mol. The summed E-state index contributed by atoms with van der Waals surface area (Å²) in [6, 6.07) is 14.5. The standard InChI is InChI=1S/C42H50N10O6/c1-25(2)36(49-42(56)58-5)40(54)52-19-7-9-35(52)38-45-23-33(47-38)29-16-12-27(13-17-29)26-10-14-28(15-11-26)32-22-44-37(46-32)34-8-6-18-51(34)39(53)31(48-41(55)57-4)20-30-21-43-24-50(30)3/h10-17,21-25,31,34-36H,6-9,18-20H2,1-5H3,(H,44,46)(H,45,47)(H,48,55)(H,49,56)/t31-,34-,35-,36+/m0/s1. The normalized spacial score (nSPS) is 17.6. The highest BCUT2D eigenvalue weighted by Crippen LogP contribution is 2.35. The number of ether oxygens (including phenoxy) is 2. The molecule has 304 valence electrons. The van der Waals surface area contributed by atoms with E-state index in [0.717, 1.165) is 70.8 Å². The molecule has 0 radical (unpaired) electrons. The fourth-order valence-electron chi connectivity index (χ4n) is 7.89. The van der Waals surface area contributed by atoms with Crippen LogP contribution in [0, 0.1) is 5.92 Å². The molecule has 0 unspecified atom stereocenters. The van der Waals surface area contributed by atoms with Crippen LogP contribution in [-0.2, 0) is 32.5 Å². The van der Waals surface area contributed by atoms with Crippen LogP contribution < -0.4 is 10.6 Å². The van der Waals surface area contributed by atoms with Gasteiger partial charge in [-0.1, -0.05) is 62.4 Å². The Morgan fingerprint density at radius 1 is 0.724 bits per heavy atom. The van der Waals surface area contributed by atoms with Crippen LogP contribution in [0.2, 0.25) is 0 Å². The van der Waals surface area contributed by atoms with Crippen LogP contribution >= 0.6 is 0 Å². The Hall–Kier alpha value is -6.45. The molecule has 5 aromatic rings. The van der Waals surface area contributed by atoms with E-state index in [9.17, 15) is 19.2 Å². The maximum atomic E-state index is 13.9. The van der Waals surface area contributed by atoms with E-state index in [-0.39, 0.29) is 36.2 Å². The van der Waals surface area contributed by atoms with Crippen LogP contribution in [0.1, 0.15) is 69.0 Å². The van der Waals surface area contributed by atoms with Gasteiger partial charge in [0.05, 0.1) is 56.4 Å². The van der Waals surface area contributed by atoms with Crippen molar-refractivity contribution < 1.29 is 28.7 Å². The minimum absolute atomic E-state index is 0.109. The van der Waals surface area contributed by atoms with Gasteiger partial charge in [0, 0.05) is 38.4 Å². The lowest BCUT2D eigenvalue weighted by Crippen LogP contribution is -2.51. The number of benzene rings is 2. The summed E-state index contributed by atoms with van der Waals surface area (Å²) in [6.45, 7) is 4.94. The number of hydrogen-bond acceptors (Lipinski definition) is 9. The predicted molar refractivity (Wildman–Crippen MR) is 215 cm³/mol. The minimum Gasteiger partial charge on any atom is -0.453 e. The summed E-state index contributed by atoms with van der Waals surface area (Å²) in [4.78, 5) is 75.6. The Labute approximate surface area is 336 Å². The second kappa shape index (κ2) is 17.4. The number of rotatable bonds is 12. The summed E-state index contributed by atoms with van der Waals surface area (Å²) in [5.74, 6) is 0.962. The van der Waals surface area contributed by atoms with Crippen molar-refractivity contribution in [2.24, 2.45) is 13.0 Å². The van der Waals surface area contributed by atoms with Crippen molar-refractivity contribution in [1.82, 2.24) is 49.9 Å². The first-order valence-corrected chi connectivity index (χ1v) is 19.6. The smallest absolute Gasteiger partial charge is 0.407 e. The van der Waals surface area contributed by atoms with Crippen molar-refractivity contribution >= 4 is 24.0 Å². The van der Waals surface area contributed by atoms with Gasteiger partial charge in [-0.25, -0.2) is 24.5 Å². The Kier molecular flexibility index (Phi) is 11.9. The molecule has 2 saturated heterocycles. The van der Waals surface area contributed by atoms with Crippen LogP contribution in [0.15, 0.2) is 73.4 Å². The van der Waals surface area contributed by atoms with Crippen LogP contribution in [-0.4, -0.2) is 103 Å². The molecule has 5 heterocycles. The third-order valence-corrected chi connectivity index (χ3v) is 11.1. The molecule has 16 heteroatoms. The minimum atomic E-state index is -0.821. The number of methoxy groups -OCH3 is 2. The quantitative estimate of drug-likeness (QED) is 0.126. The van der Waals surface area contributed by atoms with Gasteiger partial charge in [-0.15, -0.1) is 0 Å². The number of carbonyl (C=O) groups excluding carboxylic acids is 4. The van der Waals surface area contributed by atoms with E-state index in [4.69, 9.17) is 14.5 Å². The number of likely N-dealkylation sites (tertiary alicyclic amines) is 2. The Morgan fingerprint density at radius 2 is 1.21 bits per heavy atom. The first-order valence-electron chi connectivity index (χ1n) is 19.6. The lowest BCUT2D eigenvalue weighted by atomic mass is 10.0. The van der Waals surface area contributed by atoms with Gasteiger partial charge in [0.25, 0.3) is 0 Å². The number of alkyl carbamates (subject to hydrolysis) is 2. The van der Waals surface area contributed by atoms with E-state index in [1.807, 2.05) is 49.7 Å². The topological polar surface area (TPSA) is 192 Å². The van der Waals surface area contributed by atoms with Crippen molar-refractivity contribution in [3.05, 3.63) is 90.8 Å². The molecule has 2 aliphatic rings. The number of carbonyl (C=O) groups is 4. The summed E-state index contributed by atoms with van der Waals surface area (Å²) >= 11 is 0. The first-order chi connectivity index (χ1) is 28.0. The van der Waals surface area contributed by atoms with Crippen LogP contribution in [0.3, 0.4) is 0 Å². The van der Waals surface area contributed by atoms with Crippen LogP contribution in [0.5, 0.6) is 0 Å². The number of aromatic nitrogens is 6. The molecule has 2 aliphatic heterocycles. The van der Waals surface area contributed by atoms with Crippen LogP contribution in [0.4, 0.5) is 9.59 Å². The zero-order valence-electron chi connectivity index (χ0n) is 33.4. The molecule has 0 aliphatic carbocycles. The number of hydrogen-bond donors (Lipinski definition) is 4. The van der Waals surface area contributed by atoms with Gasteiger partial charge in [0.15, 0.2) is 0 Å². The first kappa shape index (κ1) is 39.8. The fourth-order valence-corrected chi connectivity index (χ4v) is 7.89. The van der Waals surface area contributed by atoms with Crippen molar-refractivity contribution in [2.75, 3.05) is 27.3 Å². The zero-order valence-corrected chi connectivity index (χ0v) is 33.4. The Bertz CT molecular complexity index is 2230. The molecule has 4 N–H and O–H groups in total. The molecule has 4 amide bonds. The van der Waals surface area contributed by atoms with Gasteiger partial charge in [-0.3, -0.25) is 9.59 Å². The van der Waals surface area contributed by atoms with Gasteiger partial charge in [0.2, 0.25) is 11.8 Å². The maximum absolute atomic E-state index is 13.9. The number of imidazole rings is 3. The molecular formula is C42H50N10O6. The van der Waals surface area contributed by atoms with E-state index in [1.165, 1.54) is 14.2 Å². The molecule has 0 spiro atoms. The highest BCUT2D eigenvalue weighted by Gasteiger charge is 2.38. The number of aryl methyl sites for hydroxylation is 1. The predicted octanol–water partition coefficient (Wildman–Crippen LogP) is 5.54. The monoisotopic (exact) mass is 790 g/mol. The molecule has 4 atom stereocenters. The second-order valence-electron chi connectivity index (χ2n) is 15.1. The summed E-state index contributed by atoms with van der Waals surface area (Å²) in [7, 11) is 4.41. The SMILES string of the molecule is COC(=O)N[C@@H](Cc1cncn1C)C(=O)N1CCC[C@H]1c1ncc(-c2ccc(-c3ccc(-c4cnc([C@@H]5CCCN5C(=O)[C@H](NC(=O)OC)C(C)C)[nH]4)cc3)cc2)[nH]1. The van der Waals surface area contributed by atoms with Crippen molar-refractivity contribution in [2.45, 2.75) is 70.1 Å². The number of aromatic amines is 2. The van der Waals surface area contributed by atoms with E-state index in [0.29, 0.717) is 18.9 Å². The van der Waals surface area contributed by atoms with E-state index < -0.39 is 24.3 Å². The summed E-state index contributed by atoms with van der Waals surface area (Å²) in [5.41, 5.74) is 6.53. The second-order valence-corrected chi connectivity index (χ2v) is 15.1. The molecule has 16 nitrogen and oxygen atoms in total. The molecule has 58 heavy (non-hydrogen) atoms. The van der Waals surface area contributed by atoms with E-state index in [1.54, 1.807) is 34.7 Å². The molecule has 7 rings (SSSR count). The van der Waals surface area contributed by atoms with Gasteiger partial charge in [0.1, 0.15) is 23.7 Å². The third-order valence-electron chi connectivity index (χ3n) is 11.1. The molecular weight excluding hydrogens is 741 g/mol. The highest BCUT2D eigenvalue weighted by atomic mass is 16.5. The van der Waals surface area contributed by atoms with Gasteiger partial charge in [-0.05, 0) is 53.9 Å². The van der Waals surface area contributed by atoms with E-state index in [2.05, 4.69) is 54.8 Å². The molecule has 2 fully saturated rings. The number of H-pyrrole nitrogens is 2. The van der Waals surface area contributed by atoms with Gasteiger partial charge < -0.3 is 44.4 Å². The van der Waals surface area contributed by atoms with Crippen molar-refractivity contribution in [3.63, 3.8) is 0 Å². The van der Waals surface area contributed by atoms with Crippen molar-refractivity contribution in [1.29, 1.82) is 0 Å². The average Bonchev–Trinajstić information content (AvgIpc) is 4.10. The molecule has 0 bridgehead atoms. The summed E-state index contributed by atoms with van der Waals surface area (Å²) in [6.07, 6.45) is 9.10. The van der Waals surface area contributed by atoms with Crippen molar-refractivity contribution in [3.8, 4) is 33.6 Å². The Balaban J connectivity index is 1.00. The number of amides is 4. The molecule has 0 saturated carbocycles. The number of nitrogens with one attached hydrogen (secondary N) is 4. The van der Waals surface area contributed by atoms with Gasteiger partial charge >= 0.3 is 12.2 Å². The maximum Gasteiger partial charge on any atom is 0.407 e. The highest BCUT2D eigenvalue weighted by molar-refractivity contribution is 5.87. The number of nitrogens with zero attached hydrogens (tertiary/aromatic N) is 6. The Morgan fingerprint density at radius 3 is 1.67 bits per heavy atom. The zero-order chi connectivity index (χ0) is 40.9. The fraction of sp³-hybridized carbons (Fsp3) is 0.405. The largest absolute Gasteiger partial charge is 0.453 e. The van der Waals surface area contributed by atoms with Gasteiger partial charge in [-0.2, -0.15) is 0 Å². The van der Waals surface area contributed by atoms with E-state index >= 15 is 0 Å². The molecule has 2 aromatic carbocycles. The molecule has 3 aromatic heterocycles. The third kappa shape index (κ3) is 8.45. The van der Waals surface area contributed by atoms with Crippen LogP contribution in [0.25, 0.3) is 33.6 Å². The lowest BCUT2D eigenvalue weighted by molar-refractivity contribution is -0.135. The summed E-state index contributed by atoms with van der Waals surface area (Å²) in [5, 5.41) is 5.41. The lowest BCUT2D eigenvalue weighted by Gasteiger charge is -2.30. The summed E-state index contributed by atoms with van der Waals surface area (Å²) < 4.78 is 11.4.